The lowest BCUT2D eigenvalue weighted by Gasteiger charge is -2.19. The Morgan fingerprint density at radius 3 is 2.72 bits per heavy atom. The van der Waals surface area contributed by atoms with Crippen molar-refractivity contribution in [2.45, 2.75) is 18.4 Å². The first-order valence-electron chi connectivity index (χ1n) is 8.89. The maximum atomic E-state index is 12.9. The van der Waals surface area contributed by atoms with Crippen LogP contribution >= 0.6 is 0 Å². The van der Waals surface area contributed by atoms with Crippen molar-refractivity contribution in [3.05, 3.63) is 71.4 Å². The number of benzene rings is 2. The van der Waals surface area contributed by atoms with Crippen LogP contribution in [0.2, 0.25) is 0 Å². The Hall–Kier alpha value is -2.59. The monoisotopic (exact) mass is 331 g/mol. The number of aromatic nitrogens is 1. The summed E-state index contributed by atoms with van der Waals surface area (Å²) in [7, 11) is 0. The van der Waals surface area contributed by atoms with E-state index in [0.717, 1.165) is 29.6 Å². The molecule has 1 aliphatic heterocycles. The molecule has 4 heteroatoms. The molecule has 4 nitrogen and oxygen atoms in total. The Morgan fingerprint density at radius 1 is 1.08 bits per heavy atom. The number of carbonyl (C=O) groups is 1. The summed E-state index contributed by atoms with van der Waals surface area (Å²) < 4.78 is 0. The number of likely N-dealkylation sites (tertiary alicyclic amines) is 1. The third kappa shape index (κ3) is 2.21. The van der Waals surface area contributed by atoms with Gasteiger partial charge in [0.1, 0.15) is 0 Å². The highest BCUT2D eigenvalue weighted by Crippen LogP contribution is 2.48. The number of nitrogens with two attached hydrogens (primary N) is 1. The summed E-state index contributed by atoms with van der Waals surface area (Å²) in [5.41, 5.74) is 11.2. The number of H-pyrrole nitrogens is 1. The van der Waals surface area contributed by atoms with Gasteiger partial charge < -0.3 is 15.6 Å². The van der Waals surface area contributed by atoms with Gasteiger partial charge in [-0.3, -0.25) is 4.79 Å². The number of nitrogens with one attached hydrogen (secondary N) is 1. The fraction of sp³-hybridized carbons (Fsp3) is 0.286. The third-order valence-electron chi connectivity index (χ3n) is 5.95. The Kier molecular flexibility index (Phi) is 3.22. The van der Waals surface area contributed by atoms with Crippen LogP contribution in [-0.4, -0.2) is 28.9 Å². The van der Waals surface area contributed by atoms with Crippen LogP contribution in [0, 0.1) is 5.92 Å². The molecule has 25 heavy (non-hydrogen) atoms. The van der Waals surface area contributed by atoms with E-state index in [9.17, 15) is 4.79 Å². The largest absolute Gasteiger partial charge is 0.361 e. The summed E-state index contributed by atoms with van der Waals surface area (Å²) in [5, 5.41) is 1.14. The summed E-state index contributed by atoms with van der Waals surface area (Å²) in [6.45, 7) is 1.55. The minimum atomic E-state index is 0.0482. The number of fused-ring (bicyclic) bond motifs is 4. The average Bonchev–Trinajstić information content (AvgIpc) is 3.31. The Morgan fingerprint density at radius 2 is 1.84 bits per heavy atom. The molecule has 1 aromatic heterocycles. The van der Waals surface area contributed by atoms with Crippen LogP contribution in [-0.2, 0) is 11.2 Å². The Labute approximate surface area is 146 Å². The number of hydrogen-bond acceptors (Lipinski definition) is 2. The summed E-state index contributed by atoms with van der Waals surface area (Å²) in [6, 6.07) is 16.6. The smallest absolute Gasteiger partial charge is 0.227 e. The molecule has 3 aromatic rings. The molecular formula is C21H21N3O. The number of amides is 1. The van der Waals surface area contributed by atoms with Gasteiger partial charge in [-0.1, -0.05) is 42.5 Å². The van der Waals surface area contributed by atoms with Gasteiger partial charge in [-0.25, -0.2) is 0 Å². The number of aromatic amines is 1. The molecule has 2 heterocycles. The van der Waals surface area contributed by atoms with Gasteiger partial charge in [-0.2, -0.15) is 0 Å². The van der Waals surface area contributed by atoms with Crippen molar-refractivity contribution in [2.75, 3.05) is 13.1 Å². The first-order chi connectivity index (χ1) is 12.2. The second kappa shape index (κ2) is 5.46. The van der Waals surface area contributed by atoms with Crippen molar-refractivity contribution in [1.82, 2.24) is 9.88 Å². The fourth-order valence-corrected chi connectivity index (χ4v) is 4.66. The molecule has 3 N–H and O–H groups in total. The molecule has 0 saturated carbocycles. The van der Waals surface area contributed by atoms with E-state index in [0.29, 0.717) is 18.3 Å². The van der Waals surface area contributed by atoms with E-state index in [1.807, 2.05) is 29.3 Å². The van der Waals surface area contributed by atoms with E-state index in [2.05, 4.69) is 35.3 Å². The topological polar surface area (TPSA) is 62.1 Å². The highest BCUT2D eigenvalue weighted by Gasteiger charge is 2.45. The number of carbonyl (C=O) groups excluding carboxylic acids is 1. The van der Waals surface area contributed by atoms with Crippen LogP contribution in [0.15, 0.2) is 54.7 Å². The number of rotatable bonds is 2. The molecular weight excluding hydrogens is 310 g/mol. The van der Waals surface area contributed by atoms with Gasteiger partial charge in [0.2, 0.25) is 5.91 Å². The Bertz CT molecular complexity index is 960. The van der Waals surface area contributed by atoms with Crippen molar-refractivity contribution < 1.29 is 4.79 Å². The van der Waals surface area contributed by atoms with Crippen molar-refractivity contribution in [3.63, 3.8) is 0 Å². The van der Waals surface area contributed by atoms with Crippen molar-refractivity contribution in [3.8, 4) is 0 Å². The zero-order valence-corrected chi connectivity index (χ0v) is 14.0. The van der Waals surface area contributed by atoms with Crippen LogP contribution in [0.4, 0.5) is 0 Å². The van der Waals surface area contributed by atoms with E-state index in [-0.39, 0.29) is 11.9 Å². The zero-order valence-electron chi connectivity index (χ0n) is 14.0. The van der Waals surface area contributed by atoms with Crippen molar-refractivity contribution in [2.24, 2.45) is 11.7 Å². The number of nitrogens with zero attached hydrogens (tertiary/aromatic N) is 1. The molecule has 1 fully saturated rings. The first kappa shape index (κ1) is 14.7. The minimum absolute atomic E-state index is 0.0482. The second-order valence-electron chi connectivity index (χ2n) is 7.26. The summed E-state index contributed by atoms with van der Waals surface area (Å²) >= 11 is 0. The molecule has 2 aromatic carbocycles. The van der Waals surface area contributed by atoms with Crippen LogP contribution in [0.25, 0.3) is 10.9 Å². The summed E-state index contributed by atoms with van der Waals surface area (Å²) in [5.74, 6) is 0.936. The van der Waals surface area contributed by atoms with Gasteiger partial charge in [-0.15, -0.1) is 0 Å². The molecule has 1 amide bonds. The molecule has 0 spiro atoms. The van der Waals surface area contributed by atoms with E-state index < -0.39 is 0 Å². The van der Waals surface area contributed by atoms with Gasteiger partial charge in [-0.05, 0) is 22.8 Å². The highest BCUT2D eigenvalue weighted by atomic mass is 16.2. The summed E-state index contributed by atoms with van der Waals surface area (Å²) in [4.78, 5) is 18.1. The lowest BCUT2D eigenvalue weighted by Crippen LogP contribution is -2.32. The maximum absolute atomic E-state index is 12.9. The lowest BCUT2D eigenvalue weighted by atomic mass is 9.95. The van der Waals surface area contributed by atoms with Gasteiger partial charge in [0.15, 0.2) is 0 Å². The number of hydrogen-bond donors (Lipinski definition) is 2. The van der Waals surface area contributed by atoms with E-state index in [1.165, 1.54) is 11.1 Å². The van der Waals surface area contributed by atoms with Crippen LogP contribution in [0.1, 0.15) is 28.7 Å². The molecule has 0 radical (unpaired) electrons. The first-order valence-corrected chi connectivity index (χ1v) is 8.89. The van der Waals surface area contributed by atoms with Gasteiger partial charge in [0.25, 0.3) is 0 Å². The number of para-hydroxylation sites is 1. The molecule has 126 valence electrons. The van der Waals surface area contributed by atoms with Crippen LogP contribution in [0.5, 0.6) is 0 Å². The van der Waals surface area contributed by atoms with Crippen molar-refractivity contribution in [1.29, 1.82) is 0 Å². The zero-order chi connectivity index (χ0) is 17.0. The van der Waals surface area contributed by atoms with E-state index >= 15 is 0 Å². The SMILES string of the molecule is N[C@@H]1c2ccccc2[C@@H]2CN(C(=O)Cc3c[nH]c4ccccc34)C[C@H]12. The highest BCUT2D eigenvalue weighted by molar-refractivity contribution is 5.89. The molecule has 5 rings (SSSR count). The fourth-order valence-electron chi connectivity index (χ4n) is 4.66. The predicted molar refractivity (Wildman–Crippen MR) is 98.2 cm³/mol. The van der Waals surface area contributed by atoms with Gasteiger partial charge >= 0.3 is 0 Å². The van der Waals surface area contributed by atoms with Crippen LogP contribution in [0.3, 0.4) is 0 Å². The second-order valence-corrected chi connectivity index (χ2v) is 7.26. The maximum Gasteiger partial charge on any atom is 0.227 e. The van der Waals surface area contributed by atoms with E-state index in [4.69, 9.17) is 5.73 Å². The molecule has 2 aliphatic rings. The molecule has 0 bridgehead atoms. The normalized spacial score (nSPS) is 24.5. The van der Waals surface area contributed by atoms with Crippen molar-refractivity contribution >= 4 is 16.8 Å². The van der Waals surface area contributed by atoms with Gasteiger partial charge in [0.05, 0.1) is 6.42 Å². The molecule has 0 unspecified atom stereocenters. The summed E-state index contributed by atoms with van der Waals surface area (Å²) in [6.07, 6.45) is 2.40. The van der Waals surface area contributed by atoms with Crippen LogP contribution < -0.4 is 5.73 Å². The molecule has 1 saturated heterocycles. The lowest BCUT2D eigenvalue weighted by molar-refractivity contribution is -0.129. The quantitative estimate of drug-likeness (QED) is 0.758. The third-order valence-corrected chi connectivity index (χ3v) is 5.95. The molecule has 3 atom stereocenters. The molecule has 1 aliphatic carbocycles. The Balaban J connectivity index is 1.37. The minimum Gasteiger partial charge on any atom is -0.361 e. The standard InChI is InChI=1S/C21H21N3O/c22-21-16-7-2-1-6-15(16)17-11-24(12-18(17)21)20(25)9-13-10-23-19-8-4-3-5-14(13)19/h1-8,10,17-18,21,23H,9,11-12,22H2/t17-,18-,21+/m0/s1. The van der Waals surface area contributed by atoms with Gasteiger partial charge in [0, 0.05) is 48.1 Å². The van der Waals surface area contributed by atoms with E-state index in [1.54, 1.807) is 0 Å². The predicted octanol–water partition coefficient (Wildman–Crippen LogP) is 2.97. The average molecular weight is 331 g/mol.